The van der Waals surface area contributed by atoms with Crippen LogP contribution in [0, 0.1) is 25.2 Å². The molecule has 0 spiro atoms. The first-order chi connectivity index (χ1) is 12.1. The van der Waals surface area contributed by atoms with Crippen LogP contribution in [0.2, 0.25) is 0 Å². The van der Waals surface area contributed by atoms with Crippen molar-refractivity contribution < 1.29 is 0 Å². The quantitative estimate of drug-likeness (QED) is 0.729. The monoisotopic (exact) mass is 329 g/mol. The second-order valence-electron chi connectivity index (χ2n) is 5.88. The van der Waals surface area contributed by atoms with E-state index >= 15 is 0 Å². The molecule has 0 atom stereocenters. The number of nitrogens with one attached hydrogen (secondary N) is 2. The van der Waals surface area contributed by atoms with E-state index in [1.165, 1.54) is 11.1 Å². The number of anilines is 3. The Labute approximate surface area is 147 Å². The number of benzene rings is 2. The van der Waals surface area contributed by atoms with Gasteiger partial charge in [0.15, 0.2) is 0 Å². The third-order valence-electron chi connectivity index (χ3n) is 3.66. The molecule has 5 nitrogen and oxygen atoms in total. The van der Waals surface area contributed by atoms with Gasteiger partial charge in [0.05, 0.1) is 11.6 Å². The number of nitriles is 1. The fraction of sp³-hybridized carbons (Fsp3) is 0.150. The van der Waals surface area contributed by atoms with Crippen molar-refractivity contribution in [2.45, 2.75) is 20.4 Å². The Morgan fingerprint density at radius 1 is 1.00 bits per heavy atom. The molecule has 0 aliphatic rings. The highest BCUT2D eigenvalue weighted by molar-refractivity contribution is 5.57. The van der Waals surface area contributed by atoms with Gasteiger partial charge >= 0.3 is 0 Å². The first-order valence-electron chi connectivity index (χ1n) is 8.05. The van der Waals surface area contributed by atoms with Crippen molar-refractivity contribution in [3.8, 4) is 6.07 Å². The Balaban J connectivity index is 1.75. The van der Waals surface area contributed by atoms with Crippen molar-refractivity contribution in [2.75, 3.05) is 10.6 Å². The molecular formula is C20H19N5. The average molecular weight is 329 g/mol. The van der Waals surface area contributed by atoms with Gasteiger partial charge in [-0.1, -0.05) is 35.9 Å². The third kappa shape index (κ3) is 4.55. The molecule has 1 heterocycles. The minimum Gasteiger partial charge on any atom is -0.366 e. The molecule has 0 aliphatic heterocycles. The van der Waals surface area contributed by atoms with Crippen LogP contribution in [0.15, 0.2) is 54.6 Å². The Kier molecular flexibility index (Phi) is 4.91. The average Bonchev–Trinajstić information content (AvgIpc) is 2.60. The van der Waals surface area contributed by atoms with Crippen molar-refractivity contribution in [1.82, 2.24) is 9.97 Å². The number of nitrogens with zero attached hydrogens (tertiary/aromatic N) is 3. The van der Waals surface area contributed by atoms with Gasteiger partial charge in [-0.05, 0) is 37.6 Å². The van der Waals surface area contributed by atoms with Gasteiger partial charge in [-0.3, -0.25) is 0 Å². The molecule has 2 N–H and O–H groups in total. The molecule has 3 aromatic rings. The van der Waals surface area contributed by atoms with Crippen molar-refractivity contribution in [1.29, 1.82) is 5.26 Å². The van der Waals surface area contributed by atoms with Crippen LogP contribution in [0.5, 0.6) is 0 Å². The van der Waals surface area contributed by atoms with E-state index < -0.39 is 0 Å². The molecule has 25 heavy (non-hydrogen) atoms. The highest BCUT2D eigenvalue weighted by atomic mass is 15.1. The molecule has 0 radical (unpaired) electrons. The summed E-state index contributed by atoms with van der Waals surface area (Å²) in [6.45, 7) is 4.70. The first kappa shape index (κ1) is 16.5. The maximum absolute atomic E-state index is 9.00. The van der Waals surface area contributed by atoms with Crippen molar-refractivity contribution in [2.24, 2.45) is 0 Å². The lowest BCUT2D eigenvalue weighted by molar-refractivity contribution is 1.06. The van der Waals surface area contributed by atoms with Gasteiger partial charge in [0.25, 0.3) is 0 Å². The van der Waals surface area contributed by atoms with Crippen LogP contribution in [0.4, 0.5) is 17.5 Å². The van der Waals surface area contributed by atoms with E-state index in [9.17, 15) is 0 Å². The Morgan fingerprint density at radius 3 is 2.64 bits per heavy atom. The van der Waals surface area contributed by atoms with E-state index in [0.29, 0.717) is 18.1 Å². The van der Waals surface area contributed by atoms with Crippen LogP contribution in [-0.2, 0) is 6.54 Å². The van der Waals surface area contributed by atoms with Gasteiger partial charge in [-0.2, -0.15) is 10.2 Å². The molecule has 124 valence electrons. The number of hydrogen-bond acceptors (Lipinski definition) is 5. The summed E-state index contributed by atoms with van der Waals surface area (Å²) in [5.74, 6) is 1.26. The summed E-state index contributed by atoms with van der Waals surface area (Å²) in [5.41, 5.74) is 4.68. The molecule has 0 amide bonds. The zero-order chi connectivity index (χ0) is 17.6. The Bertz CT molecular complexity index is 927. The molecule has 0 fully saturated rings. The van der Waals surface area contributed by atoms with Crippen molar-refractivity contribution in [3.63, 3.8) is 0 Å². The minimum atomic E-state index is 0.502. The predicted molar refractivity (Wildman–Crippen MR) is 99.7 cm³/mol. The van der Waals surface area contributed by atoms with E-state index in [1.54, 1.807) is 12.1 Å². The number of hydrogen-bond donors (Lipinski definition) is 2. The molecule has 3 rings (SSSR count). The number of aryl methyl sites for hydroxylation is 2. The predicted octanol–water partition coefficient (Wildman–Crippen LogP) is 4.32. The number of rotatable bonds is 5. The van der Waals surface area contributed by atoms with E-state index in [-0.39, 0.29) is 0 Å². The fourth-order valence-corrected chi connectivity index (χ4v) is 2.53. The zero-order valence-electron chi connectivity index (χ0n) is 14.2. The molecule has 1 aromatic heterocycles. The van der Waals surface area contributed by atoms with Crippen LogP contribution in [0.3, 0.4) is 0 Å². The second-order valence-corrected chi connectivity index (χ2v) is 5.88. The fourth-order valence-electron chi connectivity index (χ4n) is 2.53. The second kappa shape index (κ2) is 7.45. The Morgan fingerprint density at radius 2 is 1.84 bits per heavy atom. The summed E-state index contributed by atoms with van der Waals surface area (Å²) < 4.78 is 0. The molecule has 2 aromatic carbocycles. The topological polar surface area (TPSA) is 73.6 Å². The van der Waals surface area contributed by atoms with Gasteiger partial charge in [-0.25, -0.2) is 4.98 Å². The van der Waals surface area contributed by atoms with Gasteiger partial charge in [0.1, 0.15) is 5.82 Å². The van der Waals surface area contributed by atoms with Gasteiger partial charge < -0.3 is 10.6 Å². The summed E-state index contributed by atoms with van der Waals surface area (Å²) in [6, 6.07) is 19.6. The molecular weight excluding hydrogens is 310 g/mol. The van der Waals surface area contributed by atoms with E-state index in [4.69, 9.17) is 5.26 Å². The van der Waals surface area contributed by atoms with Crippen LogP contribution in [0.25, 0.3) is 0 Å². The van der Waals surface area contributed by atoms with E-state index in [0.717, 1.165) is 17.2 Å². The highest BCUT2D eigenvalue weighted by Gasteiger charge is 2.04. The zero-order valence-corrected chi connectivity index (χ0v) is 14.2. The summed E-state index contributed by atoms with van der Waals surface area (Å²) in [5, 5.41) is 15.5. The largest absolute Gasteiger partial charge is 0.366 e. The molecule has 0 bridgehead atoms. The van der Waals surface area contributed by atoms with Gasteiger partial charge in [0, 0.05) is 24.0 Å². The van der Waals surface area contributed by atoms with E-state index in [2.05, 4.69) is 51.8 Å². The van der Waals surface area contributed by atoms with Crippen LogP contribution in [-0.4, -0.2) is 9.97 Å². The van der Waals surface area contributed by atoms with Crippen LogP contribution < -0.4 is 10.6 Å². The van der Waals surface area contributed by atoms with Crippen LogP contribution >= 0.6 is 0 Å². The molecule has 0 saturated heterocycles. The van der Waals surface area contributed by atoms with Gasteiger partial charge in [-0.15, -0.1) is 0 Å². The lowest BCUT2D eigenvalue weighted by atomic mass is 10.1. The standard InChI is InChI=1S/C20H19N5/c1-14-5-3-7-17(9-14)13-22-19-10-15(2)23-20(25-19)24-18-8-4-6-16(11-18)12-21/h3-11H,13H2,1-2H3,(H2,22,23,24,25). The van der Waals surface area contributed by atoms with Crippen molar-refractivity contribution >= 4 is 17.5 Å². The molecule has 5 heteroatoms. The van der Waals surface area contributed by atoms with E-state index in [1.807, 2.05) is 31.2 Å². The van der Waals surface area contributed by atoms with Gasteiger partial charge in [0.2, 0.25) is 5.95 Å². The summed E-state index contributed by atoms with van der Waals surface area (Å²) in [7, 11) is 0. The summed E-state index contributed by atoms with van der Waals surface area (Å²) in [6.07, 6.45) is 0. The lowest BCUT2D eigenvalue weighted by Crippen LogP contribution is -2.05. The first-order valence-corrected chi connectivity index (χ1v) is 8.05. The number of aromatic nitrogens is 2. The lowest BCUT2D eigenvalue weighted by Gasteiger charge is -2.10. The molecule has 0 unspecified atom stereocenters. The summed E-state index contributed by atoms with van der Waals surface area (Å²) in [4.78, 5) is 8.91. The highest BCUT2D eigenvalue weighted by Crippen LogP contribution is 2.17. The van der Waals surface area contributed by atoms with Crippen LogP contribution in [0.1, 0.15) is 22.4 Å². The Hall–Kier alpha value is -3.39. The smallest absolute Gasteiger partial charge is 0.229 e. The third-order valence-corrected chi connectivity index (χ3v) is 3.66. The molecule has 0 saturated carbocycles. The SMILES string of the molecule is Cc1cccc(CNc2cc(C)nc(Nc3cccc(C#N)c3)n2)c1. The molecule has 0 aliphatic carbocycles. The van der Waals surface area contributed by atoms with Crippen molar-refractivity contribution in [3.05, 3.63) is 77.0 Å². The maximum atomic E-state index is 9.00. The normalized spacial score (nSPS) is 10.1. The minimum absolute atomic E-state index is 0.502. The maximum Gasteiger partial charge on any atom is 0.229 e. The summed E-state index contributed by atoms with van der Waals surface area (Å²) >= 11 is 0.